The quantitative estimate of drug-likeness (QED) is 0.117. The Morgan fingerprint density at radius 3 is 2.45 bits per heavy atom. The number of hydroxylamine groups is 1. The van der Waals surface area contributed by atoms with Crippen molar-refractivity contribution >= 4 is 27.3 Å². The molecule has 0 aliphatic carbocycles. The maximum Gasteiger partial charge on any atom is 0.296 e. The van der Waals surface area contributed by atoms with E-state index in [1.807, 2.05) is 0 Å². The molecule has 0 saturated carbocycles. The molecule has 0 aliphatic rings. The summed E-state index contributed by atoms with van der Waals surface area (Å²) >= 11 is 0. The molecule has 0 aliphatic heterocycles. The average Bonchev–Trinajstić information content (AvgIpc) is 2.76. The second-order valence-electron chi connectivity index (χ2n) is 6.27. The molecule has 0 radical (unpaired) electrons. The number of benzene rings is 1. The summed E-state index contributed by atoms with van der Waals surface area (Å²) in [5.74, 6) is -0.998. The number of non-ortho nitro benzene ring substituents is 1. The molecular weight excluding hydrogens is 462 g/mol. The fourth-order valence-corrected chi connectivity index (χ4v) is 4.27. The number of nitro groups is 2. The van der Waals surface area contributed by atoms with Crippen molar-refractivity contribution in [2.75, 3.05) is 26.4 Å². The SMILES string of the molecule is C=CCON([C@@H](CN)/C(=C\CCOCC)C(N)=O)S(=O)(=O)c1ccc([N+](=O)[O-])cc1[N+](=O)[O-]. The number of hydrogen-bond donors (Lipinski definition) is 2. The van der Waals surface area contributed by atoms with Gasteiger partial charge in [-0.2, -0.15) is 0 Å². The van der Waals surface area contributed by atoms with E-state index in [1.165, 1.54) is 12.2 Å². The van der Waals surface area contributed by atoms with Gasteiger partial charge in [0.1, 0.15) is 0 Å². The number of sulfonamides is 1. The molecule has 0 unspecified atom stereocenters. The number of nitro benzene ring substituents is 2. The third kappa shape index (κ3) is 7.13. The van der Waals surface area contributed by atoms with E-state index in [1.54, 1.807) is 6.92 Å². The Bertz CT molecular complexity index is 1030. The minimum Gasteiger partial charge on any atom is -0.381 e. The van der Waals surface area contributed by atoms with Gasteiger partial charge in [0.25, 0.3) is 21.4 Å². The van der Waals surface area contributed by atoms with Crippen LogP contribution in [0, 0.1) is 20.2 Å². The Kier molecular flexibility index (Phi) is 10.7. The van der Waals surface area contributed by atoms with Crippen LogP contribution in [-0.4, -0.2) is 61.0 Å². The van der Waals surface area contributed by atoms with Gasteiger partial charge in [0.05, 0.1) is 35.2 Å². The van der Waals surface area contributed by atoms with Crippen molar-refractivity contribution < 1.29 is 32.6 Å². The monoisotopic (exact) mass is 487 g/mol. The lowest BCUT2D eigenvalue weighted by atomic mass is 10.1. The Balaban J connectivity index is 3.65. The van der Waals surface area contributed by atoms with Gasteiger partial charge in [-0.15, -0.1) is 6.58 Å². The van der Waals surface area contributed by atoms with Gasteiger partial charge in [-0.25, -0.2) is 8.42 Å². The first-order chi connectivity index (χ1) is 15.5. The van der Waals surface area contributed by atoms with Crippen LogP contribution in [0.1, 0.15) is 13.3 Å². The van der Waals surface area contributed by atoms with Gasteiger partial charge >= 0.3 is 0 Å². The smallest absolute Gasteiger partial charge is 0.296 e. The maximum atomic E-state index is 13.4. The van der Waals surface area contributed by atoms with Crippen LogP contribution in [0.3, 0.4) is 0 Å². The molecule has 0 fully saturated rings. The third-order valence-corrected chi connectivity index (χ3v) is 5.87. The summed E-state index contributed by atoms with van der Waals surface area (Å²) in [6.07, 6.45) is 2.72. The number of rotatable bonds is 15. The molecule has 1 atom stereocenters. The van der Waals surface area contributed by atoms with Crippen LogP contribution in [0.4, 0.5) is 11.4 Å². The molecule has 15 heteroatoms. The number of carbonyl (C=O) groups excluding carboxylic acids is 1. The molecule has 182 valence electrons. The van der Waals surface area contributed by atoms with Gasteiger partial charge in [-0.1, -0.05) is 16.6 Å². The molecule has 33 heavy (non-hydrogen) atoms. The lowest BCUT2D eigenvalue weighted by molar-refractivity contribution is -0.396. The van der Waals surface area contributed by atoms with E-state index in [0.717, 1.165) is 6.07 Å². The van der Waals surface area contributed by atoms with Crippen LogP contribution in [-0.2, 0) is 24.4 Å². The highest BCUT2D eigenvalue weighted by Crippen LogP contribution is 2.32. The van der Waals surface area contributed by atoms with Gasteiger partial charge < -0.3 is 16.2 Å². The first-order valence-corrected chi connectivity index (χ1v) is 11.0. The number of ether oxygens (including phenoxy) is 1. The first-order valence-electron chi connectivity index (χ1n) is 9.51. The maximum absolute atomic E-state index is 13.4. The Morgan fingerprint density at radius 1 is 1.30 bits per heavy atom. The van der Waals surface area contributed by atoms with Crippen LogP contribution in [0.5, 0.6) is 0 Å². The number of hydrogen-bond acceptors (Lipinski definition) is 10. The van der Waals surface area contributed by atoms with Crippen molar-refractivity contribution in [3.63, 3.8) is 0 Å². The van der Waals surface area contributed by atoms with Gasteiger partial charge in [-0.3, -0.25) is 29.9 Å². The highest BCUT2D eigenvalue weighted by molar-refractivity contribution is 7.89. The number of primary amides is 1. The van der Waals surface area contributed by atoms with Crippen LogP contribution >= 0.6 is 0 Å². The highest BCUT2D eigenvalue weighted by Gasteiger charge is 2.40. The molecule has 1 amide bonds. The van der Waals surface area contributed by atoms with E-state index in [0.29, 0.717) is 23.2 Å². The number of amides is 1. The second-order valence-corrected chi connectivity index (χ2v) is 8.02. The second kappa shape index (κ2) is 12.7. The van der Waals surface area contributed by atoms with E-state index in [2.05, 4.69) is 6.58 Å². The summed E-state index contributed by atoms with van der Waals surface area (Å²) < 4.78 is 32.3. The largest absolute Gasteiger partial charge is 0.381 e. The lowest BCUT2D eigenvalue weighted by Gasteiger charge is -2.29. The van der Waals surface area contributed by atoms with Gasteiger partial charge in [0, 0.05) is 24.8 Å². The Hall–Kier alpha value is -3.24. The molecule has 0 aromatic heterocycles. The molecule has 0 saturated heterocycles. The predicted octanol–water partition coefficient (Wildman–Crippen LogP) is 0.777. The summed E-state index contributed by atoms with van der Waals surface area (Å²) in [5, 5.41) is 22.5. The topological polar surface area (TPSA) is 211 Å². The van der Waals surface area contributed by atoms with Crippen LogP contribution in [0.2, 0.25) is 0 Å². The van der Waals surface area contributed by atoms with Crippen LogP contribution in [0.15, 0.2) is 47.4 Å². The lowest BCUT2D eigenvalue weighted by Crippen LogP contribution is -2.48. The van der Waals surface area contributed by atoms with Gasteiger partial charge in [0.15, 0.2) is 4.90 Å². The number of nitrogens with zero attached hydrogens (tertiary/aromatic N) is 3. The van der Waals surface area contributed by atoms with Crippen LogP contribution in [0.25, 0.3) is 0 Å². The molecule has 0 bridgehead atoms. The van der Waals surface area contributed by atoms with E-state index in [-0.39, 0.29) is 25.2 Å². The standard InChI is InChI=1S/C18H25N5O9S/c1-3-9-32-23(16(12-19)14(18(20)24)6-5-10-31-4-2)33(29,30)17-8-7-13(21(25)26)11-15(17)22(27)28/h3,6-8,11,16H,1,4-5,9-10,12,19H2,2H3,(H2,20,24)/b14-6+/t16-/m0/s1. The third-order valence-electron chi connectivity index (χ3n) is 4.14. The average molecular weight is 487 g/mol. The molecule has 4 N–H and O–H groups in total. The Labute approximate surface area is 189 Å². The normalized spacial score (nSPS) is 13.0. The number of carbonyl (C=O) groups is 1. The van der Waals surface area contributed by atoms with Crippen LogP contribution < -0.4 is 11.5 Å². The van der Waals surface area contributed by atoms with Gasteiger partial charge in [0.2, 0.25) is 5.91 Å². The summed E-state index contributed by atoms with van der Waals surface area (Å²) in [5.41, 5.74) is 9.18. The summed E-state index contributed by atoms with van der Waals surface area (Å²) in [7, 11) is -4.88. The van der Waals surface area contributed by atoms with Crippen molar-refractivity contribution in [3.8, 4) is 0 Å². The zero-order chi connectivity index (χ0) is 25.2. The molecule has 14 nitrogen and oxygen atoms in total. The molecule has 1 aromatic rings. The molecule has 1 rings (SSSR count). The fraction of sp³-hybridized carbons (Fsp3) is 0.389. The molecule has 0 heterocycles. The van der Waals surface area contributed by atoms with Crippen molar-refractivity contribution in [2.45, 2.75) is 24.3 Å². The Morgan fingerprint density at radius 2 is 1.97 bits per heavy atom. The van der Waals surface area contributed by atoms with E-state index >= 15 is 0 Å². The molecule has 1 aromatic carbocycles. The molecular formula is C18H25N5O9S. The predicted molar refractivity (Wildman–Crippen MR) is 116 cm³/mol. The van der Waals surface area contributed by atoms with Crippen molar-refractivity contribution in [1.82, 2.24) is 4.47 Å². The minimum atomic E-state index is -4.88. The fourth-order valence-electron chi connectivity index (χ4n) is 2.70. The van der Waals surface area contributed by atoms with Crippen molar-refractivity contribution in [1.29, 1.82) is 0 Å². The number of nitrogens with two attached hydrogens (primary N) is 2. The van der Waals surface area contributed by atoms with E-state index in [9.17, 15) is 33.4 Å². The zero-order valence-corrected chi connectivity index (χ0v) is 18.6. The summed E-state index contributed by atoms with van der Waals surface area (Å²) in [6.45, 7) is 4.93. The van der Waals surface area contributed by atoms with Crippen molar-refractivity contribution in [2.24, 2.45) is 11.5 Å². The van der Waals surface area contributed by atoms with Gasteiger partial charge in [-0.05, 0) is 19.4 Å². The molecule has 0 spiro atoms. The minimum absolute atomic E-state index is 0.190. The first kappa shape index (κ1) is 27.8. The summed E-state index contributed by atoms with van der Waals surface area (Å²) in [6, 6.07) is 0.523. The van der Waals surface area contributed by atoms with E-state index < -0.39 is 54.6 Å². The zero-order valence-electron chi connectivity index (χ0n) is 17.8. The van der Waals surface area contributed by atoms with Crippen molar-refractivity contribution in [3.05, 3.63) is 62.7 Å². The summed E-state index contributed by atoms with van der Waals surface area (Å²) in [4.78, 5) is 36.9. The van der Waals surface area contributed by atoms with E-state index in [4.69, 9.17) is 21.0 Å². The highest BCUT2D eigenvalue weighted by atomic mass is 32.2.